The normalized spacial score (nSPS) is 22.2. The molecule has 2 aliphatic rings. The van der Waals surface area contributed by atoms with Gasteiger partial charge in [0, 0.05) is 53.2 Å². The van der Waals surface area contributed by atoms with Crippen LogP contribution in [-0.2, 0) is 17.8 Å². The number of aliphatic carboxylic acids is 1. The number of amides is 1. The van der Waals surface area contributed by atoms with E-state index in [1.807, 2.05) is 48.7 Å². The Kier molecular flexibility index (Phi) is 8.15. The Hall–Kier alpha value is -4.61. The molecule has 6 rings (SSSR count). The second-order valence-electron chi connectivity index (χ2n) is 12.5. The van der Waals surface area contributed by atoms with Crippen LogP contribution in [0.25, 0.3) is 10.9 Å². The van der Waals surface area contributed by atoms with Gasteiger partial charge in [-0.25, -0.2) is 4.79 Å². The van der Waals surface area contributed by atoms with Crippen molar-refractivity contribution in [3.63, 3.8) is 0 Å². The third kappa shape index (κ3) is 5.80. The van der Waals surface area contributed by atoms with Crippen molar-refractivity contribution in [2.45, 2.75) is 57.7 Å². The molecule has 8 heteroatoms. The zero-order chi connectivity index (χ0) is 30.8. The van der Waals surface area contributed by atoms with Gasteiger partial charge in [0.15, 0.2) is 0 Å². The monoisotopic (exact) mass is 590 g/mol. The maximum absolute atomic E-state index is 13.1. The highest BCUT2D eigenvalue weighted by atomic mass is 16.5. The first kappa shape index (κ1) is 29.5. The van der Waals surface area contributed by atoms with Crippen LogP contribution in [0.2, 0.25) is 0 Å². The number of H-pyrrole nitrogens is 1. The first-order valence-corrected chi connectivity index (χ1v) is 15.2. The summed E-state index contributed by atoms with van der Waals surface area (Å²) in [6.07, 6.45) is 6.03. The Morgan fingerprint density at radius 2 is 1.89 bits per heavy atom. The van der Waals surface area contributed by atoms with E-state index in [9.17, 15) is 20.0 Å². The standard InChI is InChI=1S/C36H38N4O4/c1-23-16-32(44-2)29(28-12-14-38-33(23)28)22-40-15-13-36(18-25(19-36)21-37)20-31(40)26-8-10-27(11-9-26)34(41)39-30(35(42)43)17-24-6-4-3-5-7-24/h3-12,14,16,25,30-31,38H,13,15,17-20,22H2,1-2H3,(H,39,41)(H,42,43)/t25?,30?,31-,36?/m0/s1. The number of nitriles is 1. The third-order valence-corrected chi connectivity index (χ3v) is 9.67. The Bertz CT molecular complexity index is 1700. The lowest BCUT2D eigenvalue weighted by atomic mass is 9.56. The number of nitrogens with one attached hydrogen (secondary N) is 2. The summed E-state index contributed by atoms with van der Waals surface area (Å²) >= 11 is 0. The summed E-state index contributed by atoms with van der Waals surface area (Å²) in [7, 11) is 1.72. The van der Waals surface area contributed by atoms with Gasteiger partial charge in [0.1, 0.15) is 11.8 Å². The number of carboxylic acids is 1. The molecule has 0 radical (unpaired) electrons. The number of aromatic amines is 1. The lowest BCUT2D eigenvalue weighted by Crippen LogP contribution is -2.48. The molecule has 1 aromatic heterocycles. The number of hydrogen-bond donors (Lipinski definition) is 3. The second kappa shape index (κ2) is 12.2. The number of aromatic nitrogens is 1. The number of likely N-dealkylation sites (tertiary alicyclic amines) is 1. The van der Waals surface area contributed by atoms with Gasteiger partial charge in [-0.2, -0.15) is 5.26 Å². The molecular weight excluding hydrogens is 552 g/mol. The zero-order valence-electron chi connectivity index (χ0n) is 25.2. The van der Waals surface area contributed by atoms with Gasteiger partial charge in [-0.3, -0.25) is 9.69 Å². The van der Waals surface area contributed by atoms with Crippen LogP contribution in [0.1, 0.15) is 64.3 Å². The van der Waals surface area contributed by atoms with Gasteiger partial charge in [-0.15, -0.1) is 0 Å². The summed E-state index contributed by atoms with van der Waals surface area (Å²) in [5.74, 6) is -0.478. The summed E-state index contributed by atoms with van der Waals surface area (Å²) in [6.45, 7) is 3.69. The van der Waals surface area contributed by atoms with E-state index in [1.54, 1.807) is 19.2 Å². The highest BCUT2D eigenvalue weighted by Gasteiger charge is 2.49. The van der Waals surface area contributed by atoms with E-state index < -0.39 is 17.9 Å². The van der Waals surface area contributed by atoms with Gasteiger partial charge in [0.25, 0.3) is 5.91 Å². The lowest BCUT2D eigenvalue weighted by Gasteiger charge is -2.53. The Balaban J connectivity index is 1.24. The minimum atomic E-state index is -1.07. The van der Waals surface area contributed by atoms with Gasteiger partial charge in [-0.05, 0) is 85.5 Å². The number of aryl methyl sites for hydroxylation is 1. The number of methoxy groups -OCH3 is 1. The molecule has 1 saturated heterocycles. The summed E-state index contributed by atoms with van der Waals surface area (Å²) in [4.78, 5) is 30.9. The molecule has 8 nitrogen and oxygen atoms in total. The highest BCUT2D eigenvalue weighted by Crippen LogP contribution is 2.56. The topological polar surface area (TPSA) is 118 Å². The minimum Gasteiger partial charge on any atom is -0.496 e. The van der Waals surface area contributed by atoms with Crippen molar-refractivity contribution in [2.24, 2.45) is 11.3 Å². The van der Waals surface area contributed by atoms with Crippen LogP contribution in [-0.4, -0.2) is 46.6 Å². The molecule has 1 saturated carbocycles. The van der Waals surface area contributed by atoms with E-state index in [1.165, 1.54) is 0 Å². The van der Waals surface area contributed by atoms with E-state index >= 15 is 0 Å². The number of benzene rings is 3. The van der Waals surface area contributed by atoms with Crippen LogP contribution in [0, 0.1) is 29.6 Å². The van der Waals surface area contributed by atoms with Crippen molar-refractivity contribution < 1.29 is 19.4 Å². The predicted octanol–water partition coefficient (Wildman–Crippen LogP) is 6.17. The maximum Gasteiger partial charge on any atom is 0.326 e. The van der Waals surface area contributed by atoms with Gasteiger partial charge >= 0.3 is 5.97 Å². The highest BCUT2D eigenvalue weighted by molar-refractivity contribution is 5.96. The molecule has 44 heavy (non-hydrogen) atoms. The van der Waals surface area contributed by atoms with Crippen LogP contribution in [0.3, 0.4) is 0 Å². The van der Waals surface area contributed by atoms with Crippen molar-refractivity contribution in [1.82, 2.24) is 15.2 Å². The van der Waals surface area contributed by atoms with Crippen molar-refractivity contribution in [2.75, 3.05) is 13.7 Å². The Labute approximate surface area is 257 Å². The smallest absolute Gasteiger partial charge is 0.326 e. The van der Waals surface area contributed by atoms with Crippen LogP contribution in [0.15, 0.2) is 72.9 Å². The number of piperidine rings is 1. The molecule has 3 N–H and O–H groups in total. The first-order chi connectivity index (χ1) is 21.3. The number of carbonyl (C=O) groups is 2. The van der Waals surface area contributed by atoms with Gasteiger partial charge < -0.3 is 20.1 Å². The summed E-state index contributed by atoms with van der Waals surface area (Å²) in [5.41, 5.74) is 5.93. The van der Waals surface area contributed by atoms with Crippen LogP contribution < -0.4 is 10.1 Å². The van der Waals surface area contributed by atoms with Crippen molar-refractivity contribution in [3.05, 3.63) is 101 Å². The number of nitrogens with zero attached hydrogens (tertiary/aromatic N) is 2. The van der Waals surface area contributed by atoms with E-state index in [4.69, 9.17) is 4.74 Å². The fraction of sp³-hybridized carbons (Fsp3) is 0.361. The number of carboxylic acid groups (broad SMARTS) is 1. The molecule has 1 aliphatic carbocycles. The average molecular weight is 591 g/mol. The number of fused-ring (bicyclic) bond motifs is 1. The maximum atomic E-state index is 13.1. The van der Waals surface area contributed by atoms with E-state index in [-0.39, 0.29) is 23.8 Å². The van der Waals surface area contributed by atoms with Crippen molar-refractivity contribution >= 4 is 22.8 Å². The molecule has 2 heterocycles. The summed E-state index contributed by atoms with van der Waals surface area (Å²) in [6, 6.07) is 22.6. The number of rotatable bonds is 9. The van der Waals surface area contributed by atoms with Crippen LogP contribution in [0.4, 0.5) is 0 Å². The quantitative estimate of drug-likeness (QED) is 0.215. The van der Waals surface area contributed by atoms with Crippen LogP contribution in [0.5, 0.6) is 5.75 Å². The van der Waals surface area contributed by atoms with Crippen molar-refractivity contribution in [3.8, 4) is 11.8 Å². The van der Waals surface area contributed by atoms with Crippen molar-refractivity contribution in [1.29, 1.82) is 5.26 Å². The first-order valence-electron chi connectivity index (χ1n) is 15.2. The van der Waals surface area contributed by atoms with E-state index in [0.717, 1.165) is 71.1 Å². The number of carbonyl (C=O) groups excluding carboxylic acids is 1. The predicted molar refractivity (Wildman–Crippen MR) is 168 cm³/mol. The molecule has 4 aromatic rings. The SMILES string of the molecule is COc1cc(C)c2[nH]ccc2c1CN1CCC2(CC(C#N)C2)C[C@H]1c1ccc(C(=O)NC(Cc2ccccc2)C(=O)O)cc1. The Morgan fingerprint density at radius 1 is 1.14 bits per heavy atom. The molecule has 226 valence electrons. The molecule has 2 fully saturated rings. The van der Waals surface area contributed by atoms with Gasteiger partial charge in [-0.1, -0.05) is 42.5 Å². The summed E-state index contributed by atoms with van der Waals surface area (Å²) in [5, 5.41) is 23.1. The molecule has 3 aromatic carbocycles. The number of ether oxygens (including phenoxy) is 1. The summed E-state index contributed by atoms with van der Waals surface area (Å²) < 4.78 is 5.85. The minimum absolute atomic E-state index is 0.102. The van der Waals surface area contributed by atoms with E-state index in [0.29, 0.717) is 12.1 Å². The number of hydrogen-bond acceptors (Lipinski definition) is 5. The fourth-order valence-corrected chi connectivity index (χ4v) is 7.28. The molecular formula is C36H38N4O4. The fourth-order valence-electron chi connectivity index (χ4n) is 7.28. The molecule has 1 spiro atoms. The van der Waals surface area contributed by atoms with Gasteiger partial charge in [0.2, 0.25) is 0 Å². The molecule has 0 bridgehead atoms. The Morgan fingerprint density at radius 3 is 2.57 bits per heavy atom. The van der Waals surface area contributed by atoms with Crippen LogP contribution >= 0.6 is 0 Å². The third-order valence-electron chi connectivity index (χ3n) is 9.67. The molecule has 1 aliphatic heterocycles. The lowest BCUT2D eigenvalue weighted by molar-refractivity contribution is -0.139. The van der Waals surface area contributed by atoms with E-state index in [2.05, 4.69) is 40.3 Å². The zero-order valence-corrected chi connectivity index (χ0v) is 25.2. The second-order valence-corrected chi connectivity index (χ2v) is 12.5. The molecule has 1 amide bonds. The average Bonchev–Trinajstić information content (AvgIpc) is 3.52. The van der Waals surface area contributed by atoms with Gasteiger partial charge in [0.05, 0.1) is 13.2 Å². The largest absolute Gasteiger partial charge is 0.496 e. The molecule has 1 unspecified atom stereocenters. The molecule has 2 atom stereocenters.